The first-order valence-corrected chi connectivity index (χ1v) is 14.8. The van der Waals surface area contributed by atoms with Gasteiger partial charge in [0.05, 0.1) is 11.4 Å². The predicted octanol–water partition coefficient (Wildman–Crippen LogP) is 7.41. The summed E-state index contributed by atoms with van der Waals surface area (Å²) in [7, 11) is 2.01. The van der Waals surface area contributed by atoms with Gasteiger partial charge in [0.1, 0.15) is 12.4 Å². The fourth-order valence-corrected chi connectivity index (χ4v) is 5.96. The van der Waals surface area contributed by atoms with Crippen LogP contribution in [0.15, 0.2) is 108 Å². The SMILES string of the molecule is CNCCC=C1c2ccccc2CCc2ccccc21.Cc1nnc2n1-c1ccc(Cl)cc1C(c1ccccc1)=NC2. The third-order valence-corrected chi connectivity index (χ3v) is 8.03. The van der Waals surface area contributed by atoms with Crippen molar-refractivity contribution >= 4 is 22.9 Å². The van der Waals surface area contributed by atoms with Crippen LogP contribution in [0, 0.1) is 6.92 Å². The molecule has 6 heteroatoms. The molecule has 0 radical (unpaired) electrons. The second-order valence-corrected chi connectivity index (χ2v) is 11.0. The Morgan fingerprint density at radius 1 is 0.810 bits per heavy atom. The molecule has 0 saturated carbocycles. The summed E-state index contributed by atoms with van der Waals surface area (Å²) in [5.41, 5.74) is 11.2. The summed E-state index contributed by atoms with van der Waals surface area (Å²) in [5, 5.41) is 12.3. The summed E-state index contributed by atoms with van der Waals surface area (Å²) < 4.78 is 2.05. The molecule has 210 valence electrons. The zero-order valence-electron chi connectivity index (χ0n) is 24.0. The normalized spacial score (nSPS) is 13.2. The number of benzene rings is 4. The van der Waals surface area contributed by atoms with E-state index in [4.69, 9.17) is 16.6 Å². The number of halogens is 1. The number of aliphatic imine (C=N–C) groups is 1. The van der Waals surface area contributed by atoms with Crippen LogP contribution in [-0.4, -0.2) is 34.1 Å². The molecule has 0 fully saturated rings. The third-order valence-electron chi connectivity index (χ3n) is 7.79. The van der Waals surface area contributed by atoms with Gasteiger partial charge < -0.3 is 5.32 Å². The monoisotopic (exact) mass is 571 g/mol. The van der Waals surface area contributed by atoms with Crippen molar-refractivity contribution in [2.45, 2.75) is 32.7 Å². The van der Waals surface area contributed by atoms with Gasteiger partial charge in [0, 0.05) is 16.1 Å². The minimum absolute atomic E-state index is 0.497. The van der Waals surface area contributed by atoms with Crippen molar-refractivity contribution in [3.63, 3.8) is 0 Å². The van der Waals surface area contributed by atoms with E-state index in [2.05, 4.69) is 82.3 Å². The molecule has 1 aromatic heterocycles. The van der Waals surface area contributed by atoms with Crippen LogP contribution in [0.1, 0.15) is 51.5 Å². The van der Waals surface area contributed by atoms with E-state index >= 15 is 0 Å². The van der Waals surface area contributed by atoms with Gasteiger partial charge in [0.15, 0.2) is 5.82 Å². The Labute approximate surface area is 252 Å². The number of hydrogen-bond acceptors (Lipinski definition) is 4. The first-order valence-electron chi connectivity index (χ1n) is 14.5. The Balaban J connectivity index is 0.000000151. The van der Waals surface area contributed by atoms with E-state index in [0.29, 0.717) is 11.6 Å². The molecule has 42 heavy (non-hydrogen) atoms. The number of aryl methyl sites for hydroxylation is 3. The van der Waals surface area contributed by atoms with Crippen LogP contribution in [0.4, 0.5) is 0 Å². The van der Waals surface area contributed by atoms with Gasteiger partial charge in [-0.1, -0.05) is 96.5 Å². The Morgan fingerprint density at radius 2 is 1.48 bits per heavy atom. The summed E-state index contributed by atoms with van der Waals surface area (Å²) in [6.07, 6.45) is 5.72. The van der Waals surface area contributed by atoms with Gasteiger partial charge in [0.2, 0.25) is 0 Å². The van der Waals surface area contributed by atoms with E-state index in [-0.39, 0.29) is 0 Å². The topological polar surface area (TPSA) is 55.1 Å². The number of nitrogens with one attached hydrogen (secondary N) is 1. The summed E-state index contributed by atoms with van der Waals surface area (Å²) >= 11 is 6.23. The van der Waals surface area contributed by atoms with Crippen LogP contribution >= 0.6 is 11.6 Å². The van der Waals surface area contributed by atoms with E-state index in [1.54, 1.807) is 0 Å². The highest BCUT2D eigenvalue weighted by Gasteiger charge is 2.22. The molecule has 7 rings (SSSR count). The molecule has 1 N–H and O–H groups in total. The molecule has 1 aliphatic heterocycles. The molecule has 4 aromatic carbocycles. The number of aromatic nitrogens is 3. The smallest absolute Gasteiger partial charge is 0.159 e. The van der Waals surface area contributed by atoms with Crippen molar-refractivity contribution in [2.24, 2.45) is 4.99 Å². The Morgan fingerprint density at radius 3 is 2.17 bits per heavy atom. The molecule has 2 heterocycles. The summed E-state index contributed by atoms with van der Waals surface area (Å²) in [6.45, 7) is 3.47. The standard InChI is InChI=1S/C19H21N.C17H13ClN4/c1-20-14-6-11-19-17-9-4-2-7-15(17)12-13-16-8-3-5-10-18(16)19;1-11-20-21-16-10-19-17(12-5-3-2-4-6-12)14-9-13(18)7-8-15(14)22(11)16/h2-5,7-11,20H,6,12-14H2,1H3;2-9H,10H2,1H3. The van der Waals surface area contributed by atoms with Gasteiger partial charge in [-0.2, -0.15) is 0 Å². The summed E-state index contributed by atoms with van der Waals surface area (Å²) in [5.74, 6) is 1.69. The maximum absolute atomic E-state index is 6.23. The lowest BCUT2D eigenvalue weighted by Crippen LogP contribution is -2.08. The van der Waals surface area contributed by atoms with Crippen molar-refractivity contribution in [3.8, 4) is 5.69 Å². The van der Waals surface area contributed by atoms with Gasteiger partial charge in [-0.15, -0.1) is 10.2 Å². The first-order chi connectivity index (χ1) is 20.6. The van der Waals surface area contributed by atoms with Crippen LogP contribution in [0.3, 0.4) is 0 Å². The minimum atomic E-state index is 0.497. The molecule has 5 nitrogen and oxygen atoms in total. The average molecular weight is 572 g/mol. The fourth-order valence-electron chi connectivity index (χ4n) is 5.79. The summed E-state index contributed by atoms with van der Waals surface area (Å²) in [4.78, 5) is 4.77. The van der Waals surface area contributed by atoms with Gasteiger partial charge >= 0.3 is 0 Å². The van der Waals surface area contributed by atoms with Crippen molar-refractivity contribution in [1.29, 1.82) is 0 Å². The van der Waals surface area contributed by atoms with Crippen molar-refractivity contribution < 1.29 is 0 Å². The highest BCUT2D eigenvalue weighted by atomic mass is 35.5. The lowest BCUT2D eigenvalue weighted by molar-refractivity contribution is 0.808. The molecule has 0 spiro atoms. The van der Waals surface area contributed by atoms with Gasteiger partial charge in [-0.3, -0.25) is 9.56 Å². The van der Waals surface area contributed by atoms with Crippen LogP contribution in [-0.2, 0) is 19.4 Å². The van der Waals surface area contributed by atoms with E-state index in [9.17, 15) is 0 Å². The Kier molecular flexibility index (Phi) is 8.40. The molecular weight excluding hydrogens is 538 g/mol. The molecule has 1 aliphatic carbocycles. The number of hydrogen-bond donors (Lipinski definition) is 1. The van der Waals surface area contributed by atoms with Crippen molar-refractivity contribution in [1.82, 2.24) is 20.1 Å². The maximum atomic E-state index is 6.23. The van der Waals surface area contributed by atoms with E-state index in [0.717, 1.165) is 60.0 Å². The molecule has 0 bridgehead atoms. The van der Waals surface area contributed by atoms with E-state index in [1.807, 2.05) is 54.9 Å². The zero-order valence-corrected chi connectivity index (χ0v) is 24.8. The molecule has 0 unspecified atom stereocenters. The van der Waals surface area contributed by atoms with Crippen LogP contribution < -0.4 is 5.32 Å². The van der Waals surface area contributed by atoms with Gasteiger partial charge in [0.25, 0.3) is 0 Å². The van der Waals surface area contributed by atoms with Crippen LogP contribution in [0.2, 0.25) is 5.02 Å². The third kappa shape index (κ3) is 5.71. The van der Waals surface area contributed by atoms with Crippen LogP contribution in [0.5, 0.6) is 0 Å². The Hall–Kier alpha value is -4.32. The number of fused-ring (bicyclic) bond motifs is 5. The second-order valence-electron chi connectivity index (χ2n) is 10.5. The first kappa shape index (κ1) is 27.8. The molecule has 0 amide bonds. The average Bonchev–Trinajstić information content (AvgIpc) is 3.21. The van der Waals surface area contributed by atoms with Crippen molar-refractivity contribution in [3.05, 3.63) is 153 Å². The minimum Gasteiger partial charge on any atom is -0.319 e. The zero-order chi connectivity index (χ0) is 28.9. The number of nitrogens with zero attached hydrogens (tertiary/aromatic N) is 4. The molecule has 0 atom stereocenters. The second kappa shape index (κ2) is 12.7. The largest absolute Gasteiger partial charge is 0.319 e. The van der Waals surface area contributed by atoms with E-state index < -0.39 is 0 Å². The maximum Gasteiger partial charge on any atom is 0.159 e. The highest BCUT2D eigenvalue weighted by Crippen LogP contribution is 2.33. The fraction of sp³-hybridized carbons (Fsp3) is 0.194. The highest BCUT2D eigenvalue weighted by molar-refractivity contribution is 6.31. The predicted molar refractivity (Wildman–Crippen MR) is 173 cm³/mol. The van der Waals surface area contributed by atoms with Gasteiger partial charge in [-0.25, -0.2) is 0 Å². The summed E-state index contributed by atoms with van der Waals surface area (Å²) in [6, 6.07) is 33.7. The van der Waals surface area contributed by atoms with Crippen molar-refractivity contribution in [2.75, 3.05) is 13.6 Å². The van der Waals surface area contributed by atoms with Crippen LogP contribution in [0.25, 0.3) is 11.3 Å². The van der Waals surface area contributed by atoms with E-state index in [1.165, 1.54) is 27.8 Å². The molecule has 5 aromatic rings. The van der Waals surface area contributed by atoms with Gasteiger partial charge in [-0.05, 0) is 85.8 Å². The molecular formula is C36H34ClN5. The lowest BCUT2D eigenvalue weighted by Gasteiger charge is -2.12. The quantitative estimate of drug-likeness (QED) is 0.229. The number of rotatable bonds is 4. The lowest BCUT2D eigenvalue weighted by atomic mass is 9.93. The molecule has 0 saturated heterocycles. The Bertz CT molecular complexity index is 1720. The molecule has 2 aliphatic rings.